The fourth-order valence-electron chi connectivity index (χ4n) is 2.01. The molecular formula is C11H8F3N3OS. The molecule has 0 spiro atoms. The molecule has 0 radical (unpaired) electrons. The zero-order valence-electron chi connectivity index (χ0n) is 9.62. The van der Waals surface area contributed by atoms with Gasteiger partial charge in [0.2, 0.25) is 0 Å². The van der Waals surface area contributed by atoms with Crippen LogP contribution in [0.3, 0.4) is 0 Å². The van der Waals surface area contributed by atoms with E-state index < -0.39 is 18.1 Å². The van der Waals surface area contributed by atoms with Gasteiger partial charge in [-0.15, -0.1) is 11.3 Å². The number of aliphatic hydroxyl groups is 1. The third-order valence-electron chi connectivity index (χ3n) is 2.84. The summed E-state index contributed by atoms with van der Waals surface area (Å²) in [6.45, 7) is 1.59. The summed E-state index contributed by atoms with van der Waals surface area (Å²) in [6, 6.07) is 1.01. The Morgan fingerprint density at radius 3 is 2.84 bits per heavy atom. The van der Waals surface area contributed by atoms with E-state index in [1.165, 1.54) is 6.34 Å². The van der Waals surface area contributed by atoms with Gasteiger partial charge in [0.1, 0.15) is 10.5 Å². The number of rotatable bonds is 0. The van der Waals surface area contributed by atoms with Crippen molar-refractivity contribution < 1.29 is 18.3 Å². The molecule has 19 heavy (non-hydrogen) atoms. The van der Waals surface area contributed by atoms with Crippen LogP contribution >= 0.6 is 11.3 Å². The van der Waals surface area contributed by atoms with E-state index in [2.05, 4.69) is 15.3 Å². The third kappa shape index (κ3) is 1.87. The maximum absolute atomic E-state index is 12.7. The lowest BCUT2D eigenvalue weighted by Crippen LogP contribution is -2.09. The molecule has 3 heterocycles. The highest BCUT2D eigenvalue weighted by Crippen LogP contribution is 2.43. The highest BCUT2D eigenvalue weighted by Gasteiger charge is 2.34. The van der Waals surface area contributed by atoms with Gasteiger partial charge in [-0.1, -0.05) is 0 Å². The highest BCUT2D eigenvalue weighted by molar-refractivity contribution is 7.19. The molecule has 2 aromatic heterocycles. The van der Waals surface area contributed by atoms with E-state index >= 15 is 0 Å². The van der Waals surface area contributed by atoms with Crippen molar-refractivity contribution in [1.82, 2.24) is 4.98 Å². The average molecular weight is 287 g/mol. The first-order valence-corrected chi connectivity index (χ1v) is 6.17. The number of hydrogen-bond donors (Lipinski definition) is 2. The van der Waals surface area contributed by atoms with Crippen LogP contribution in [0.4, 0.5) is 18.9 Å². The third-order valence-corrected chi connectivity index (χ3v) is 3.96. The van der Waals surface area contributed by atoms with Gasteiger partial charge in [-0.3, -0.25) is 0 Å². The molecule has 1 atom stereocenters. The second-order valence-corrected chi connectivity index (χ2v) is 5.17. The molecule has 1 aliphatic rings. The number of hydrogen-bond acceptors (Lipinski definition) is 5. The van der Waals surface area contributed by atoms with E-state index in [9.17, 15) is 18.3 Å². The molecule has 0 bridgehead atoms. The van der Waals surface area contributed by atoms with Gasteiger partial charge in [0, 0.05) is 5.39 Å². The Morgan fingerprint density at radius 1 is 1.42 bits per heavy atom. The Labute approximate surface area is 109 Å². The lowest BCUT2D eigenvalue weighted by atomic mass is 10.1. The molecule has 2 N–H and O–H groups in total. The first-order chi connectivity index (χ1) is 8.88. The van der Waals surface area contributed by atoms with Crippen LogP contribution in [0.25, 0.3) is 10.2 Å². The van der Waals surface area contributed by atoms with Crippen LogP contribution in [0.2, 0.25) is 0 Å². The molecule has 0 amide bonds. The number of aryl methyl sites for hydroxylation is 1. The number of aliphatic hydroxyl groups excluding tert-OH is 1. The van der Waals surface area contributed by atoms with Gasteiger partial charge in [0.15, 0.2) is 6.23 Å². The number of pyridine rings is 1. The minimum atomic E-state index is -4.48. The van der Waals surface area contributed by atoms with Crippen LogP contribution in [0.15, 0.2) is 11.1 Å². The van der Waals surface area contributed by atoms with Crippen LogP contribution in [0.1, 0.15) is 22.4 Å². The predicted molar refractivity (Wildman–Crippen MR) is 66.4 cm³/mol. The predicted octanol–water partition coefficient (Wildman–Crippen LogP) is 3.07. The molecule has 0 unspecified atom stereocenters. The Bertz CT molecular complexity index is 693. The largest absolute Gasteiger partial charge is 0.433 e. The zero-order chi connectivity index (χ0) is 13.8. The standard InChI is InChI=1S/C11H8F3N3OS/c1-4-2-5(11(12,13)14)17-10-6(4)7-8(19-10)9(18)16-3-15-7/h2-3,9,18H,1H3,(H,15,16)/t9-/m1/s1. The zero-order valence-corrected chi connectivity index (χ0v) is 10.4. The SMILES string of the molecule is Cc1cc(C(F)(F)F)nc2sc3c(c12)NC=N[C@@H]3O. The summed E-state index contributed by atoms with van der Waals surface area (Å²) >= 11 is 1.01. The van der Waals surface area contributed by atoms with Gasteiger partial charge in [0.25, 0.3) is 0 Å². The topological polar surface area (TPSA) is 57.5 Å². The van der Waals surface area contributed by atoms with Crippen LogP contribution in [0.5, 0.6) is 0 Å². The first-order valence-electron chi connectivity index (χ1n) is 5.35. The fourth-order valence-corrected chi connectivity index (χ4v) is 3.16. The van der Waals surface area contributed by atoms with Crippen LogP contribution in [-0.2, 0) is 6.18 Å². The minimum absolute atomic E-state index is 0.245. The van der Waals surface area contributed by atoms with Crippen molar-refractivity contribution >= 4 is 33.6 Å². The highest BCUT2D eigenvalue weighted by atomic mass is 32.1. The molecule has 100 valence electrons. The molecule has 0 fully saturated rings. The van der Waals surface area contributed by atoms with Crippen molar-refractivity contribution in [1.29, 1.82) is 0 Å². The summed E-state index contributed by atoms with van der Waals surface area (Å²) in [4.78, 5) is 8.10. The molecule has 0 saturated heterocycles. The fraction of sp³-hybridized carbons (Fsp3) is 0.273. The number of nitrogens with one attached hydrogen (secondary N) is 1. The van der Waals surface area contributed by atoms with Crippen molar-refractivity contribution in [2.24, 2.45) is 4.99 Å². The van der Waals surface area contributed by atoms with Gasteiger partial charge in [-0.25, -0.2) is 9.98 Å². The second kappa shape index (κ2) is 3.91. The van der Waals surface area contributed by atoms with Gasteiger partial charge >= 0.3 is 6.18 Å². The Kier molecular flexibility index (Phi) is 2.55. The molecule has 0 saturated carbocycles. The van der Waals surface area contributed by atoms with E-state index in [0.717, 1.165) is 17.4 Å². The Balaban J connectivity index is 2.29. The number of fused-ring (bicyclic) bond motifs is 3. The molecule has 0 aromatic carbocycles. The van der Waals surface area contributed by atoms with Crippen molar-refractivity contribution in [2.75, 3.05) is 5.32 Å². The van der Waals surface area contributed by atoms with Gasteiger partial charge in [-0.2, -0.15) is 13.2 Å². The first kappa shape index (κ1) is 12.4. The number of aliphatic imine (C=N–C) groups is 1. The second-order valence-electron chi connectivity index (χ2n) is 4.14. The maximum Gasteiger partial charge on any atom is 0.433 e. The Morgan fingerprint density at radius 2 is 2.16 bits per heavy atom. The molecule has 1 aliphatic heterocycles. The number of thiophene rings is 1. The van der Waals surface area contributed by atoms with Gasteiger partial charge in [-0.05, 0) is 18.6 Å². The molecular weight excluding hydrogens is 279 g/mol. The molecule has 8 heteroatoms. The molecule has 0 aliphatic carbocycles. The monoisotopic (exact) mass is 287 g/mol. The van der Waals surface area contributed by atoms with Crippen molar-refractivity contribution in [2.45, 2.75) is 19.3 Å². The molecule has 4 nitrogen and oxygen atoms in total. The number of alkyl halides is 3. The van der Waals surface area contributed by atoms with Gasteiger partial charge in [0.05, 0.1) is 16.9 Å². The summed E-state index contributed by atoms with van der Waals surface area (Å²) < 4.78 is 38.1. The lowest BCUT2D eigenvalue weighted by molar-refractivity contribution is -0.141. The average Bonchev–Trinajstić information content (AvgIpc) is 2.68. The summed E-state index contributed by atoms with van der Waals surface area (Å²) in [5.74, 6) is 0. The van der Waals surface area contributed by atoms with E-state index in [-0.39, 0.29) is 4.83 Å². The summed E-state index contributed by atoms with van der Waals surface area (Å²) in [5, 5.41) is 13.2. The quantitative estimate of drug-likeness (QED) is 0.783. The lowest BCUT2D eigenvalue weighted by Gasteiger charge is -2.13. The van der Waals surface area contributed by atoms with Crippen molar-refractivity contribution in [3.63, 3.8) is 0 Å². The van der Waals surface area contributed by atoms with E-state index in [1.807, 2.05) is 0 Å². The summed E-state index contributed by atoms with van der Waals surface area (Å²) in [7, 11) is 0. The summed E-state index contributed by atoms with van der Waals surface area (Å²) in [5.41, 5.74) is 0.123. The van der Waals surface area contributed by atoms with Crippen molar-refractivity contribution in [3.05, 3.63) is 22.2 Å². The molecule has 3 rings (SSSR count). The van der Waals surface area contributed by atoms with E-state index in [0.29, 0.717) is 21.5 Å². The summed E-state index contributed by atoms with van der Waals surface area (Å²) in [6.07, 6.45) is -4.20. The van der Waals surface area contributed by atoms with Crippen LogP contribution < -0.4 is 5.32 Å². The minimum Gasteiger partial charge on any atom is -0.367 e. The van der Waals surface area contributed by atoms with E-state index in [4.69, 9.17) is 0 Å². The number of aromatic nitrogens is 1. The van der Waals surface area contributed by atoms with E-state index in [1.54, 1.807) is 6.92 Å². The number of nitrogens with zero attached hydrogens (tertiary/aromatic N) is 2. The van der Waals surface area contributed by atoms with Crippen LogP contribution in [0, 0.1) is 6.92 Å². The van der Waals surface area contributed by atoms with Gasteiger partial charge < -0.3 is 10.4 Å². The van der Waals surface area contributed by atoms with Crippen LogP contribution in [-0.4, -0.2) is 16.4 Å². The normalized spacial score (nSPS) is 18.5. The van der Waals surface area contributed by atoms with Crippen molar-refractivity contribution in [3.8, 4) is 0 Å². The maximum atomic E-state index is 12.7. The smallest absolute Gasteiger partial charge is 0.367 e. The number of anilines is 1. The Hall–Kier alpha value is -1.67. The molecule has 2 aromatic rings. The number of halogens is 3.